The number of hydrogen-bond acceptors (Lipinski definition) is 11. The molecule has 0 bridgehead atoms. The third-order valence-electron chi connectivity index (χ3n) is 9.81. The molecule has 2 heterocycles. The minimum Gasteiger partial charge on any atom is -0.394 e. The number of phosphoric acid groups is 1. The lowest BCUT2D eigenvalue weighted by Crippen LogP contribution is -2.61. The number of unbranched alkanes of at least 4 members (excludes halogenated alkanes) is 4. The van der Waals surface area contributed by atoms with Crippen LogP contribution in [0.1, 0.15) is 90.3 Å². The Hall–Kier alpha value is -4.68. The van der Waals surface area contributed by atoms with Gasteiger partial charge in [-0.2, -0.15) is 0 Å². The highest BCUT2D eigenvalue weighted by Gasteiger charge is 2.37. The zero-order chi connectivity index (χ0) is 43.5. The highest BCUT2D eigenvalue weighted by Crippen LogP contribution is 2.45. The Morgan fingerprint density at radius 3 is 2.20 bits per heavy atom. The second kappa shape index (κ2) is 24.4. The summed E-state index contributed by atoms with van der Waals surface area (Å²) in [6.45, 7) is 5.64. The SMILES string of the molecule is CC(=O)N1CCC[C@H]1C(=O)N[C@@H](CC(C)C)C(=O)N[C@@H](Cc1cnc[nH]1)C(=O)N[C@@H](CO)C(=O)N[C@H](C(N)=O)[C@@H](C)OP(=O)(O)OCCCCCCCc1ccccc1. The third kappa shape index (κ3) is 16.8. The normalized spacial score (nSPS) is 17.5. The van der Waals surface area contributed by atoms with Gasteiger partial charge in [-0.15, -0.1) is 0 Å². The van der Waals surface area contributed by atoms with Crippen molar-refractivity contribution in [2.75, 3.05) is 19.8 Å². The van der Waals surface area contributed by atoms with Gasteiger partial charge in [0.1, 0.15) is 30.2 Å². The van der Waals surface area contributed by atoms with E-state index in [1.807, 2.05) is 32.0 Å². The quantitative estimate of drug-likeness (QED) is 0.0489. The number of aliphatic hydroxyl groups excluding tert-OH is 1. The number of aromatic nitrogens is 2. The topological polar surface area (TPSA) is 284 Å². The number of carbonyl (C=O) groups is 6. The zero-order valence-corrected chi connectivity index (χ0v) is 35.2. The molecular formula is C39H61N8O11P. The number of H-pyrrole nitrogens is 1. The molecule has 1 fully saturated rings. The fraction of sp³-hybridized carbons (Fsp3) is 0.615. The molecule has 0 saturated carbocycles. The van der Waals surface area contributed by atoms with E-state index in [1.54, 1.807) is 0 Å². The fourth-order valence-electron chi connectivity index (χ4n) is 6.71. The van der Waals surface area contributed by atoms with E-state index in [0.717, 1.165) is 32.1 Å². The lowest BCUT2D eigenvalue weighted by Gasteiger charge is -2.28. The van der Waals surface area contributed by atoms with Crippen molar-refractivity contribution in [1.29, 1.82) is 0 Å². The summed E-state index contributed by atoms with van der Waals surface area (Å²) in [7, 11) is -4.71. The average Bonchev–Trinajstić information content (AvgIpc) is 3.89. The molecule has 9 N–H and O–H groups in total. The van der Waals surface area contributed by atoms with Crippen molar-refractivity contribution in [3.05, 3.63) is 54.1 Å². The molecule has 1 saturated heterocycles. The summed E-state index contributed by atoms with van der Waals surface area (Å²) in [6, 6.07) is 3.54. The minimum atomic E-state index is -4.71. The number of nitrogens with two attached hydrogens (primary N) is 1. The van der Waals surface area contributed by atoms with E-state index >= 15 is 0 Å². The first-order valence-electron chi connectivity index (χ1n) is 20.1. The van der Waals surface area contributed by atoms with Crippen LogP contribution < -0.4 is 27.0 Å². The smallest absolute Gasteiger partial charge is 0.394 e. The molecule has 59 heavy (non-hydrogen) atoms. The Morgan fingerprint density at radius 1 is 0.932 bits per heavy atom. The van der Waals surface area contributed by atoms with Gasteiger partial charge in [-0.1, -0.05) is 63.4 Å². The number of benzene rings is 1. The molecule has 7 atom stereocenters. The van der Waals surface area contributed by atoms with Crippen LogP contribution in [0.25, 0.3) is 0 Å². The minimum absolute atomic E-state index is 0.0673. The summed E-state index contributed by atoms with van der Waals surface area (Å²) < 4.78 is 22.9. The lowest BCUT2D eigenvalue weighted by atomic mass is 10.0. The zero-order valence-electron chi connectivity index (χ0n) is 34.3. The molecule has 1 aromatic heterocycles. The number of nitrogens with zero attached hydrogens (tertiary/aromatic N) is 2. The molecule has 1 aliphatic heterocycles. The molecule has 0 spiro atoms. The standard InChI is InChI=1S/C39H61N8O11P/c1-25(2)20-30(44-39(54)33-17-13-18-47(33)27(4)49)36(51)43-31(21-29-22-41-24-42-29)37(52)45-32(23-48)38(53)46-34(35(40)50)26(3)58-59(55,56)57-19-12-7-5-6-9-14-28-15-10-8-11-16-28/h8,10-11,15-16,22,24-26,30-34,48H,5-7,9,12-14,17-21,23H2,1-4H3,(H2,40,50)(H,41,42)(H,43,51)(H,44,54)(H,45,52)(H,46,53)(H,55,56)/t26-,30+,31+,32+,33+,34+/m1/s1. The summed E-state index contributed by atoms with van der Waals surface area (Å²) in [5, 5.41) is 20.1. The number of aliphatic hydroxyl groups is 1. The molecule has 19 nitrogen and oxygen atoms in total. The van der Waals surface area contributed by atoms with Crippen LogP contribution in [-0.4, -0.2) is 116 Å². The van der Waals surface area contributed by atoms with Crippen LogP contribution in [0, 0.1) is 5.92 Å². The number of amides is 6. The molecular weight excluding hydrogens is 787 g/mol. The molecule has 1 aromatic carbocycles. The number of aryl methyl sites for hydroxylation is 1. The molecule has 0 radical (unpaired) electrons. The largest absolute Gasteiger partial charge is 0.472 e. The van der Waals surface area contributed by atoms with Gasteiger partial charge in [0.25, 0.3) is 0 Å². The van der Waals surface area contributed by atoms with Crippen LogP contribution in [0.15, 0.2) is 42.9 Å². The first-order chi connectivity index (χ1) is 28.0. The van der Waals surface area contributed by atoms with Gasteiger partial charge in [0.15, 0.2) is 0 Å². The summed E-state index contributed by atoms with van der Waals surface area (Å²) in [4.78, 5) is 97.0. The predicted octanol–water partition coefficient (Wildman–Crippen LogP) is 1.14. The Kier molecular flexibility index (Phi) is 20.1. The van der Waals surface area contributed by atoms with E-state index in [2.05, 4.69) is 43.4 Å². The molecule has 0 aliphatic carbocycles. The summed E-state index contributed by atoms with van der Waals surface area (Å²) in [5.41, 5.74) is 7.19. The molecule has 2 aromatic rings. The maximum absolute atomic E-state index is 13.7. The number of nitrogens with one attached hydrogen (secondary N) is 5. The van der Waals surface area contributed by atoms with E-state index in [4.69, 9.17) is 14.8 Å². The number of hydrogen-bond donors (Lipinski definition) is 8. The Balaban J connectivity index is 1.58. The maximum atomic E-state index is 13.7. The van der Waals surface area contributed by atoms with Crippen LogP contribution in [-0.2, 0) is 55.2 Å². The van der Waals surface area contributed by atoms with Crippen molar-refractivity contribution in [2.45, 2.75) is 128 Å². The van der Waals surface area contributed by atoms with Crippen molar-refractivity contribution in [2.24, 2.45) is 11.7 Å². The third-order valence-corrected chi connectivity index (χ3v) is 10.9. The van der Waals surface area contributed by atoms with Gasteiger partial charge in [0.05, 0.1) is 25.6 Å². The summed E-state index contributed by atoms with van der Waals surface area (Å²) >= 11 is 0. The van der Waals surface area contributed by atoms with Gasteiger partial charge in [-0.05, 0) is 56.9 Å². The second-order valence-electron chi connectivity index (χ2n) is 15.2. The van der Waals surface area contributed by atoms with E-state index in [0.29, 0.717) is 31.5 Å². The van der Waals surface area contributed by atoms with Crippen LogP contribution in [0.2, 0.25) is 0 Å². The number of carbonyl (C=O) groups excluding carboxylic acids is 6. The molecule has 328 valence electrons. The molecule has 3 rings (SSSR count). The van der Waals surface area contributed by atoms with Gasteiger partial charge >= 0.3 is 7.82 Å². The Bertz CT molecular complexity index is 1720. The van der Waals surface area contributed by atoms with Crippen LogP contribution in [0.5, 0.6) is 0 Å². The molecule has 20 heteroatoms. The Labute approximate surface area is 344 Å². The van der Waals surface area contributed by atoms with Crippen molar-refractivity contribution in [3.8, 4) is 0 Å². The van der Waals surface area contributed by atoms with Crippen molar-refractivity contribution in [1.82, 2.24) is 36.1 Å². The Morgan fingerprint density at radius 2 is 1.58 bits per heavy atom. The van der Waals surface area contributed by atoms with Crippen molar-refractivity contribution < 1.29 is 52.4 Å². The van der Waals surface area contributed by atoms with Crippen LogP contribution in [0.4, 0.5) is 0 Å². The number of likely N-dealkylation sites (tertiary alicyclic amines) is 1. The average molecular weight is 849 g/mol. The number of rotatable bonds is 26. The maximum Gasteiger partial charge on any atom is 0.472 e. The van der Waals surface area contributed by atoms with Gasteiger partial charge in [0, 0.05) is 31.8 Å². The second-order valence-corrected chi connectivity index (χ2v) is 16.6. The van der Waals surface area contributed by atoms with E-state index in [-0.39, 0.29) is 31.3 Å². The first-order valence-corrected chi connectivity index (χ1v) is 21.6. The van der Waals surface area contributed by atoms with Crippen LogP contribution in [0.3, 0.4) is 0 Å². The lowest BCUT2D eigenvalue weighted by molar-refractivity contribution is -0.139. The van der Waals surface area contributed by atoms with Gasteiger partial charge < -0.3 is 46.9 Å². The summed E-state index contributed by atoms with van der Waals surface area (Å²) in [6.07, 6.45) is 7.51. The molecule has 1 aliphatic rings. The van der Waals surface area contributed by atoms with E-state index in [1.165, 1.54) is 36.8 Å². The van der Waals surface area contributed by atoms with E-state index in [9.17, 15) is 43.3 Å². The molecule has 6 amide bonds. The highest BCUT2D eigenvalue weighted by molar-refractivity contribution is 7.47. The fourth-order valence-corrected chi connectivity index (χ4v) is 7.68. The summed E-state index contributed by atoms with van der Waals surface area (Å²) in [5.74, 6) is -4.70. The van der Waals surface area contributed by atoms with Gasteiger partial charge in [-0.3, -0.25) is 37.8 Å². The van der Waals surface area contributed by atoms with Crippen molar-refractivity contribution >= 4 is 43.3 Å². The monoisotopic (exact) mass is 848 g/mol. The number of aromatic amines is 1. The number of imidazole rings is 1. The highest BCUT2D eigenvalue weighted by atomic mass is 31.2. The number of primary amides is 1. The first kappa shape index (κ1) is 48.7. The van der Waals surface area contributed by atoms with E-state index < -0.39 is 80.3 Å². The van der Waals surface area contributed by atoms with Gasteiger partial charge in [0.2, 0.25) is 35.4 Å². The predicted molar refractivity (Wildman–Crippen MR) is 216 cm³/mol. The number of phosphoric ester groups is 1. The van der Waals surface area contributed by atoms with Gasteiger partial charge in [-0.25, -0.2) is 9.55 Å². The van der Waals surface area contributed by atoms with Crippen molar-refractivity contribution in [3.63, 3.8) is 0 Å². The molecule has 1 unspecified atom stereocenters. The van der Waals surface area contributed by atoms with Crippen LogP contribution >= 0.6 is 7.82 Å².